The summed E-state index contributed by atoms with van der Waals surface area (Å²) >= 11 is 8.05. The lowest BCUT2D eigenvalue weighted by molar-refractivity contribution is 0.355. The molecule has 20 heavy (non-hydrogen) atoms. The van der Waals surface area contributed by atoms with Gasteiger partial charge in [-0.1, -0.05) is 0 Å². The van der Waals surface area contributed by atoms with Crippen LogP contribution in [-0.4, -0.2) is 35.8 Å². The van der Waals surface area contributed by atoms with Gasteiger partial charge in [0.15, 0.2) is 11.5 Å². The van der Waals surface area contributed by atoms with Crippen LogP contribution in [0.5, 0.6) is 11.5 Å². The fourth-order valence-electron chi connectivity index (χ4n) is 2.19. The average molecular weight is 315 g/mol. The minimum Gasteiger partial charge on any atom is -0.493 e. The van der Waals surface area contributed by atoms with E-state index in [2.05, 4.69) is 15.8 Å². The Morgan fingerprint density at radius 1 is 1.30 bits per heavy atom. The summed E-state index contributed by atoms with van der Waals surface area (Å²) < 4.78 is 12.9. The van der Waals surface area contributed by atoms with Crippen LogP contribution < -0.4 is 9.47 Å². The first kappa shape index (κ1) is 15.3. The summed E-state index contributed by atoms with van der Waals surface area (Å²) in [7, 11) is 3.26. The van der Waals surface area contributed by atoms with Crippen LogP contribution in [0.15, 0.2) is 12.1 Å². The molecule has 0 aliphatic heterocycles. The van der Waals surface area contributed by atoms with Crippen LogP contribution in [-0.2, 0) is 6.54 Å². The van der Waals surface area contributed by atoms with Crippen LogP contribution in [0.2, 0.25) is 0 Å². The maximum atomic E-state index is 6.25. The summed E-state index contributed by atoms with van der Waals surface area (Å²) in [6.07, 6.45) is 2.09. The van der Waals surface area contributed by atoms with Crippen LogP contribution >= 0.6 is 23.4 Å². The third-order valence-electron chi connectivity index (χ3n) is 3.16. The minimum atomic E-state index is -0.138. The molecule has 2 aromatic rings. The molecule has 0 saturated carbocycles. The number of ether oxygens (including phenoxy) is 2. The Balaban J connectivity index is 2.62. The van der Waals surface area contributed by atoms with E-state index in [1.807, 2.05) is 19.1 Å². The second-order valence-electron chi connectivity index (χ2n) is 4.43. The Kier molecular flexibility index (Phi) is 5.05. The molecular formula is C14H19ClN2O2S. The lowest BCUT2D eigenvalue weighted by atomic mass is 10.2. The molecule has 110 valence electrons. The maximum Gasteiger partial charge on any atom is 0.163 e. The Bertz CT molecular complexity index is 598. The summed E-state index contributed by atoms with van der Waals surface area (Å²) in [6, 6.07) is 3.86. The summed E-state index contributed by atoms with van der Waals surface area (Å²) in [4.78, 5) is 4.64. The van der Waals surface area contributed by atoms with Crippen LogP contribution in [0, 0.1) is 0 Å². The van der Waals surface area contributed by atoms with Crippen molar-refractivity contribution in [2.24, 2.45) is 0 Å². The molecule has 0 spiro atoms. The quantitative estimate of drug-likeness (QED) is 0.761. The number of fused-ring (bicyclic) bond motifs is 1. The van der Waals surface area contributed by atoms with Gasteiger partial charge in [0, 0.05) is 24.4 Å². The van der Waals surface area contributed by atoms with Crippen LogP contribution in [0.1, 0.15) is 18.1 Å². The Morgan fingerprint density at radius 3 is 2.50 bits per heavy atom. The fourth-order valence-corrected chi connectivity index (χ4v) is 2.72. The molecule has 0 N–H and O–H groups in total. The van der Waals surface area contributed by atoms with Gasteiger partial charge < -0.3 is 14.0 Å². The zero-order valence-electron chi connectivity index (χ0n) is 12.1. The van der Waals surface area contributed by atoms with E-state index < -0.39 is 0 Å². The zero-order valence-corrected chi connectivity index (χ0v) is 13.7. The number of nitrogens with zero attached hydrogens (tertiary/aromatic N) is 2. The van der Waals surface area contributed by atoms with Gasteiger partial charge >= 0.3 is 0 Å². The summed E-state index contributed by atoms with van der Waals surface area (Å²) in [5.41, 5.74) is 1.91. The molecule has 0 bridgehead atoms. The van der Waals surface area contributed by atoms with E-state index in [0.717, 1.165) is 29.2 Å². The van der Waals surface area contributed by atoms with Crippen molar-refractivity contribution in [3.63, 3.8) is 0 Å². The third-order valence-corrected chi connectivity index (χ3v) is 3.94. The molecule has 2 rings (SSSR count). The predicted octanol–water partition coefficient (Wildman–Crippen LogP) is 3.72. The lowest BCUT2D eigenvalue weighted by Gasteiger charge is -2.11. The zero-order chi connectivity index (χ0) is 14.7. The van der Waals surface area contributed by atoms with Crippen molar-refractivity contribution in [3.05, 3.63) is 18.0 Å². The number of aryl methyl sites for hydroxylation is 1. The van der Waals surface area contributed by atoms with E-state index in [4.69, 9.17) is 21.1 Å². The van der Waals surface area contributed by atoms with Crippen molar-refractivity contribution in [3.8, 4) is 11.5 Å². The molecule has 0 aliphatic rings. The van der Waals surface area contributed by atoms with E-state index in [9.17, 15) is 0 Å². The molecule has 1 aromatic carbocycles. The second-order valence-corrected chi connectivity index (χ2v) is 6.07. The number of methoxy groups -OCH3 is 2. The Labute approximate surface area is 128 Å². The smallest absolute Gasteiger partial charge is 0.163 e. The number of halogens is 1. The highest BCUT2D eigenvalue weighted by Gasteiger charge is 2.17. The molecule has 0 saturated heterocycles. The molecular weight excluding hydrogens is 296 g/mol. The van der Waals surface area contributed by atoms with E-state index in [1.54, 1.807) is 26.0 Å². The topological polar surface area (TPSA) is 36.3 Å². The minimum absolute atomic E-state index is 0.138. The lowest BCUT2D eigenvalue weighted by Crippen LogP contribution is -2.06. The van der Waals surface area contributed by atoms with Crippen molar-refractivity contribution >= 4 is 34.4 Å². The van der Waals surface area contributed by atoms with E-state index in [-0.39, 0.29) is 5.38 Å². The molecule has 1 aromatic heterocycles. The number of hydrogen-bond acceptors (Lipinski definition) is 4. The van der Waals surface area contributed by atoms with E-state index >= 15 is 0 Å². The summed E-state index contributed by atoms with van der Waals surface area (Å²) in [5.74, 6) is 3.28. The molecule has 6 heteroatoms. The highest BCUT2D eigenvalue weighted by atomic mass is 35.5. The molecule has 1 unspecified atom stereocenters. The molecule has 0 aliphatic carbocycles. The number of hydrogen-bond donors (Lipinski definition) is 0. The molecule has 1 heterocycles. The van der Waals surface area contributed by atoms with Crippen molar-refractivity contribution < 1.29 is 9.47 Å². The number of aromatic nitrogens is 2. The van der Waals surface area contributed by atoms with Gasteiger partial charge in [-0.25, -0.2) is 4.98 Å². The Hall–Kier alpha value is -1.07. The number of rotatable bonds is 6. The van der Waals surface area contributed by atoms with Gasteiger partial charge in [-0.05, 0) is 13.2 Å². The second kappa shape index (κ2) is 6.59. The maximum absolute atomic E-state index is 6.25. The first-order valence-corrected chi connectivity index (χ1v) is 8.20. The van der Waals surface area contributed by atoms with Gasteiger partial charge in [0.05, 0.1) is 30.6 Å². The van der Waals surface area contributed by atoms with Crippen LogP contribution in [0.25, 0.3) is 11.0 Å². The monoisotopic (exact) mass is 314 g/mol. The summed E-state index contributed by atoms with van der Waals surface area (Å²) in [6.45, 7) is 2.81. The first-order valence-electron chi connectivity index (χ1n) is 6.37. The van der Waals surface area contributed by atoms with Crippen LogP contribution in [0.4, 0.5) is 0 Å². The van der Waals surface area contributed by atoms with Gasteiger partial charge in [0.1, 0.15) is 5.82 Å². The highest BCUT2D eigenvalue weighted by Crippen LogP contribution is 2.34. The molecule has 1 atom stereocenters. The van der Waals surface area contributed by atoms with Crippen molar-refractivity contribution in [2.45, 2.75) is 18.8 Å². The largest absolute Gasteiger partial charge is 0.493 e. The van der Waals surface area contributed by atoms with Gasteiger partial charge in [0.25, 0.3) is 0 Å². The number of imidazole rings is 1. The van der Waals surface area contributed by atoms with E-state index in [1.165, 1.54) is 0 Å². The molecule has 0 fully saturated rings. The van der Waals surface area contributed by atoms with Gasteiger partial charge in [0.2, 0.25) is 0 Å². The van der Waals surface area contributed by atoms with Gasteiger partial charge in [-0.3, -0.25) is 0 Å². The Morgan fingerprint density at radius 2 is 1.95 bits per heavy atom. The average Bonchev–Trinajstić information content (AvgIpc) is 2.81. The number of alkyl halides is 1. The number of benzene rings is 1. The standard InChI is InChI=1S/C14H19ClN2O2S/c1-9(15)14-16-10-7-12(18-2)13(19-3)8-11(10)17(14)5-6-20-4/h7-9H,5-6H2,1-4H3. The summed E-state index contributed by atoms with van der Waals surface area (Å²) in [5, 5.41) is -0.138. The molecule has 0 amide bonds. The van der Waals surface area contributed by atoms with Crippen LogP contribution in [0.3, 0.4) is 0 Å². The molecule has 0 radical (unpaired) electrons. The third kappa shape index (κ3) is 2.83. The van der Waals surface area contributed by atoms with Crippen molar-refractivity contribution in [1.29, 1.82) is 0 Å². The van der Waals surface area contributed by atoms with E-state index in [0.29, 0.717) is 11.5 Å². The fraction of sp³-hybridized carbons (Fsp3) is 0.500. The highest BCUT2D eigenvalue weighted by molar-refractivity contribution is 7.98. The molecule has 4 nitrogen and oxygen atoms in total. The van der Waals surface area contributed by atoms with Crippen molar-refractivity contribution in [1.82, 2.24) is 9.55 Å². The van der Waals surface area contributed by atoms with Gasteiger partial charge in [-0.15, -0.1) is 11.6 Å². The SMILES string of the molecule is COc1cc2nc(C(C)Cl)n(CCSC)c2cc1OC. The van der Waals surface area contributed by atoms with Gasteiger partial charge in [-0.2, -0.15) is 11.8 Å². The normalized spacial score (nSPS) is 12.7. The first-order chi connectivity index (χ1) is 9.62. The van der Waals surface area contributed by atoms with Crippen molar-refractivity contribution in [2.75, 3.05) is 26.2 Å². The predicted molar refractivity (Wildman–Crippen MR) is 85.5 cm³/mol. The number of thioether (sulfide) groups is 1.